The van der Waals surface area contributed by atoms with Crippen LogP contribution in [0, 0.1) is 0 Å². The number of hydrogen-bond donors (Lipinski definition) is 0. The third-order valence-electron chi connectivity index (χ3n) is 5.51. The molecule has 160 valence electrons. The Balaban J connectivity index is 1.54. The fraction of sp³-hybridized carbons (Fsp3) is 0.348. The summed E-state index contributed by atoms with van der Waals surface area (Å²) >= 11 is 0. The van der Waals surface area contributed by atoms with Crippen LogP contribution in [0.2, 0.25) is 0 Å². The van der Waals surface area contributed by atoms with Gasteiger partial charge < -0.3 is 9.80 Å². The van der Waals surface area contributed by atoms with Gasteiger partial charge in [-0.05, 0) is 30.7 Å². The highest BCUT2D eigenvalue weighted by atomic mass is 16.2. The first-order valence-electron chi connectivity index (χ1n) is 10.6. The topological polar surface area (TPSA) is 88.4 Å². The van der Waals surface area contributed by atoms with E-state index in [0.717, 1.165) is 12.8 Å². The average molecular weight is 419 g/mol. The van der Waals surface area contributed by atoms with Gasteiger partial charge in [0.1, 0.15) is 5.52 Å². The molecule has 0 atom stereocenters. The van der Waals surface area contributed by atoms with Crippen LogP contribution in [0.4, 0.5) is 0 Å². The Morgan fingerprint density at radius 2 is 1.61 bits per heavy atom. The molecule has 2 aromatic heterocycles. The van der Waals surface area contributed by atoms with Crippen molar-refractivity contribution in [2.45, 2.75) is 26.3 Å². The molecule has 0 aliphatic carbocycles. The first-order chi connectivity index (χ1) is 15.1. The van der Waals surface area contributed by atoms with Crippen LogP contribution in [0.1, 0.15) is 40.6 Å². The maximum Gasteiger partial charge on any atom is 0.283 e. The third-order valence-corrected chi connectivity index (χ3v) is 5.51. The van der Waals surface area contributed by atoms with E-state index in [-0.39, 0.29) is 11.6 Å². The number of amides is 2. The number of nitrogens with zero attached hydrogens (tertiary/aromatic N) is 5. The Kier molecular flexibility index (Phi) is 6.06. The molecule has 0 spiro atoms. The highest BCUT2D eigenvalue weighted by Crippen LogP contribution is 2.13. The van der Waals surface area contributed by atoms with Gasteiger partial charge in [0.2, 0.25) is 0 Å². The zero-order chi connectivity index (χ0) is 21.8. The largest absolute Gasteiger partial charge is 0.335 e. The highest BCUT2D eigenvalue weighted by Gasteiger charge is 2.28. The highest BCUT2D eigenvalue weighted by molar-refractivity contribution is 5.95. The minimum absolute atomic E-state index is 0.0514. The predicted octanol–water partition coefficient (Wildman–Crippen LogP) is 2.19. The van der Waals surface area contributed by atoms with E-state index in [4.69, 9.17) is 0 Å². The maximum absolute atomic E-state index is 13.2. The second kappa shape index (κ2) is 9.07. The Bertz CT molecular complexity index is 1150. The molecule has 4 rings (SSSR count). The standard InChI is InChI=1S/C23H25N5O3/c1-2-3-12-28-20-18(10-7-11-24-20)25-19(23(28)31)22(30)27-15-13-26(14-16-27)21(29)17-8-5-4-6-9-17/h4-11H,2-3,12-16H2,1H3. The number of benzene rings is 1. The lowest BCUT2D eigenvalue weighted by atomic mass is 10.2. The molecule has 0 radical (unpaired) electrons. The van der Waals surface area contributed by atoms with Gasteiger partial charge >= 0.3 is 0 Å². The van der Waals surface area contributed by atoms with Crippen molar-refractivity contribution in [3.05, 3.63) is 70.3 Å². The van der Waals surface area contributed by atoms with Crippen molar-refractivity contribution in [3.8, 4) is 0 Å². The molecule has 0 N–H and O–H groups in total. The molecule has 31 heavy (non-hydrogen) atoms. The summed E-state index contributed by atoms with van der Waals surface area (Å²) in [6, 6.07) is 12.6. The second-order valence-corrected chi connectivity index (χ2v) is 7.57. The average Bonchev–Trinajstić information content (AvgIpc) is 2.83. The van der Waals surface area contributed by atoms with Gasteiger partial charge in [-0.15, -0.1) is 0 Å². The van der Waals surface area contributed by atoms with Gasteiger partial charge in [0.25, 0.3) is 17.4 Å². The van der Waals surface area contributed by atoms with E-state index < -0.39 is 11.5 Å². The molecular formula is C23H25N5O3. The molecule has 8 heteroatoms. The van der Waals surface area contributed by atoms with E-state index in [2.05, 4.69) is 9.97 Å². The fourth-order valence-electron chi connectivity index (χ4n) is 3.76. The van der Waals surface area contributed by atoms with Gasteiger partial charge in [-0.25, -0.2) is 9.97 Å². The smallest absolute Gasteiger partial charge is 0.283 e. The number of aromatic nitrogens is 3. The molecule has 0 unspecified atom stereocenters. The van der Waals surface area contributed by atoms with Crippen LogP contribution >= 0.6 is 0 Å². The fourth-order valence-corrected chi connectivity index (χ4v) is 3.76. The van der Waals surface area contributed by atoms with Gasteiger partial charge in [0.15, 0.2) is 11.3 Å². The molecule has 1 aliphatic rings. The number of carbonyl (C=O) groups is 2. The summed E-state index contributed by atoms with van der Waals surface area (Å²) in [6.45, 7) is 4.09. The second-order valence-electron chi connectivity index (χ2n) is 7.57. The van der Waals surface area contributed by atoms with E-state index in [0.29, 0.717) is 49.5 Å². The Hall–Kier alpha value is -3.55. The summed E-state index contributed by atoms with van der Waals surface area (Å²) in [5.41, 5.74) is 1.16. The van der Waals surface area contributed by atoms with Crippen LogP contribution in [-0.2, 0) is 6.54 Å². The molecule has 1 fully saturated rings. The Morgan fingerprint density at radius 1 is 0.935 bits per heavy atom. The van der Waals surface area contributed by atoms with E-state index in [1.807, 2.05) is 25.1 Å². The first-order valence-corrected chi connectivity index (χ1v) is 10.6. The van der Waals surface area contributed by atoms with Crippen molar-refractivity contribution in [1.82, 2.24) is 24.3 Å². The SMILES string of the molecule is CCCCn1c(=O)c(C(=O)N2CCN(C(=O)c3ccccc3)CC2)nc2cccnc21. The van der Waals surface area contributed by atoms with Crippen molar-refractivity contribution >= 4 is 23.0 Å². The van der Waals surface area contributed by atoms with Crippen LogP contribution < -0.4 is 5.56 Å². The normalized spacial score (nSPS) is 14.1. The molecule has 1 saturated heterocycles. The van der Waals surface area contributed by atoms with E-state index in [9.17, 15) is 14.4 Å². The first kappa shape index (κ1) is 20.7. The van der Waals surface area contributed by atoms with Crippen molar-refractivity contribution in [3.63, 3.8) is 0 Å². The van der Waals surface area contributed by atoms with Crippen LogP contribution in [0.15, 0.2) is 53.5 Å². The van der Waals surface area contributed by atoms with Gasteiger partial charge in [-0.3, -0.25) is 19.0 Å². The molecule has 1 aromatic carbocycles. The predicted molar refractivity (Wildman–Crippen MR) is 117 cm³/mol. The number of piperazine rings is 1. The number of rotatable bonds is 5. The molecular weight excluding hydrogens is 394 g/mol. The lowest BCUT2D eigenvalue weighted by Crippen LogP contribution is -2.51. The zero-order valence-electron chi connectivity index (χ0n) is 17.5. The van der Waals surface area contributed by atoms with Crippen LogP contribution in [0.3, 0.4) is 0 Å². The molecule has 0 bridgehead atoms. The minimum Gasteiger partial charge on any atom is -0.335 e. The van der Waals surface area contributed by atoms with Gasteiger partial charge in [0.05, 0.1) is 0 Å². The summed E-state index contributed by atoms with van der Waals surface area (Å²) in [5, 5.41) is 0. The summed E-state index contributed by atoms with van der Waals surface area (Å²) in [6.07, 6.45) is 3.35. The lowest BCUT2D eigenvalue weighted by Gasteiger charge is -2.34. The van der Waals surface area contributed by atoms with E-state index >= 15 is 0 Å². The summed E-state index contributed by atoms with van der Waals surface area (Å²) in [5.74, 6) is -0.447. The quantitative estimate of drug-likeness (QED) is 0.633. The molecule has 3 heterocycles. The molecule has 0 saturated carbocycles. The van der Waals surface area contributed by atoms with Gasteiger partial charge in [-0.1, -0.05) is 31.5 Å². The zero-order valence-corrected chi connectivity index (χ0v) is 17.5. The van der Waals surface area contributed by atoms with Gasteiger partial charge in [-0.2, -0.15) is 0 Å². The van der Waals surface area contributed by atoms with Gasteiger partial charge in [0, 0.05) is 44.5 Å². The number of hydrogen-bond acceptors (Lipinski definition) is 5. The van der Waals surface area contributed by atoms with Crippen LogP contribution in [-0.4, -0.2) is 62.3 Å². The van der Waals surface area contributed by atoms with Crippen molar-refractivity contribution < 1.29 is 9.59 Å². The number of aryl methyl sites for hydroxylation is 1. The number of fused-ring (bicyclic) bond motifs is 1. The van der Waals surface area contributed by atoms with Crippen LogP contribution in [0.5, 0.6) is 0 Å². The van der Waals surface area contributed by atoms with Crippen LogP contribution in [0.25, 0.3) is 11.2 Å². The van der Waals surface area contributed by atoms with E-state index in [1.165, 1.54) is 0 Å². The summed E-state index contributed by atoms with van der Waals surface area (Å²) < 4.78 is 1.55. The monoisotopic (exact) mass is 419 g/mol. The lowest BCUT2D eigenvalue weighted by molar-refractivity contribution is 0.0531. The Labute approximate surface area is 180 Å². The van der Waals surface area contributed by atoms with Crippen molar-refractivity contribution in [1.29, 1.82) is 0 Å². The van der Waals surface area contributed by atoms with Crippen molar-refractivity contribution in [2.75, 3.05) is 26.2 Å². The minimum atomic E-state index is -0.410. The molecule has 2 amide bonds. The number of unbranched alkanes of at least 4 members (excludes halogenated alkanes) is 1. The summed E-state index contributed by atoms with van der Waals surface area (Å²) in [7, 11) is 0. The maximum atomic E-state index is 13.2. The van der Waals surface area contributed by atoms with E-state index in [1.54, 1.807) is 44.8 Å². The number of carbonyl (C=O) groups excluding carboxylic acids is 2. The Morgan fingerprint density at radius 3 is 2.29 bits per heavy atom. The molecule has 1 aliphatic heterocycles. The third kappa shape index (κ3) is 4.19. The molecule has 8 nitrogen and oxygen atoms in total. The number of pyridine rings is 1. The molecule has 3 aromatic rings. The van der Waals surface area contributed by atoms with Crippen molar-refractivity contribution in [2.24, 2.45) is 0 Å². The summed E-state index contributed by atoms with van der Waals surface area (Å²) in [4.78, 5) is 50.9.